The highest BCUT2D eigenvalue weighted by atomic mass is 19.4. The highest BCUT2D eigenvalue weighted by Crippen LogP contribution is 2.38. The van der Waals surface area contributed by atoms with Crippen LogP contribution in [0.15, 0.2) is 18.3 Å². The van der Waals surface area contributed by atoms with Gasteiger partial charge in [0, 0.05) is 29.7 Å². The second-order valence-corrected chi connectivity index (χ2v) is 7.05. The lowest BCUT2D eigenvalue weighted by Gasteiger charge is -2.26. The van der Waals surface area contributed by atoms with E-state index in [-0.39, 0.29) is 12.5 Å². The van der Waals surface area contributed by atoms with E-state index in [0.717, 1.165) is 12.1 Å². The number of fused-ring (bicyclic) bond motifs is 1. The first-order valence-electron chi connectivity index (χ1n) is 9.20. The second kappa shape index (κ2) is 7.18. The smallest absolute Gasteiger partial charge is 0.378 e. The third-order valence-corrected chi connectivity index (χ3v) is 5.19. The van der Waals surface area contributed by atoms with Crippen molar-refractivity contribution >= 4 is 16.8 Å². The van der Waals surface area contributed by atoms with Gasteiger partial charge in [-0.2, -0.15) is 23.4 Å². The Morgan fingerprint density at radius 3 is 2.66 bits per heavy atom. The van der Waals surface area contributed by atoms with Crippen molar-refractivity contribution < 1.29 is 22.7 Å². The maximum atomic E-state index is 13.4. The van der Waals surface area contributed by atoms with Gasteiger partial charge in [-0.1, -0.05) is 0 Å². The predicted octanol–water partition coefficient (Wildman–Crippen LogP) is 2.92. The summed E-state index contributed by atoms with van der Waals surface area (Å²) in [6.07, 6.45) is -2.99. The van der Waals surface area contributed by atoms with Gasteiger partial charge in [-0.15, -0.1) is 0 Å². The van der Waals surface area contributed by atoms with Gasteiger partial charge in [0.15, 0.2) is 0 Å². The lowest BCUT2D eigenvalue weighted by Crippen LogP contribution is -2.42. The Balaban J connectivity index is 1.75. The number of aryl methyl sites for hydroxylation is 1. The molecule has 1 aromatic carbocycles. The summed E-state index contributed by atoms with van der Waals surface area (Å²) in [4.78, 5) is 14.3. The summed E-state index contributed by atoms with van der Waals surface area (Å²) in [5.41, 5.74) is 1.69. The molecule has 154 valence electrons. The number of rotatable bonds is 3. The number of aromatic amines is 1. The third kappa shape index (κ3) is 3.59. The van der Waals surface area contributed by atoms with E-state index in [4.69, 9.17) is 4.74 Å². The van der Waals surface area contributed by atoms with Gasteiger partial charge in [-0.3, -0.25) is 14.6 Å². The number of aromatic nitrogens is 4. The molecule has 1 aliphatic rings. The molecule has 1 amide bonds. The van der Waals surface area contributed by atoms with E-state index in [1.807, 2.05) is 0 Å². The number of hydrogen-bond donors (Lipinski definition) is 1. The predicted molar refractivity (Wildman–Crippen MR) is 99.2 cm³/mol. The molecule has 0 atom stereocenters. The summed E-state index contributed by atoms with van der Waals surface area (Å²) in [6.45, 7) is 5.55. The fraction of sp³-hybridized carbons (Fsp3) is 0.421. The average Bonchev–Trinajstić information content (AvgIpc) is 3.26. The van der Waals surface area contributed by atoms with Gasteiger partial charge in [0.1, 0.15) is 6.54 Å². The quantitative estimate of drug-likeness (QED) is 0.724. The molecule has 0 saturated carbocycles. The van der Waals surface area contributed by atoms with Crippen LogP contribution in [-0.2, 0) is 22.3 Å². The monoisotopic (exact) mass is 407 g/mol. The Kier molecular flexibility index (Phi) is 4.81. The van der Waals surface area contributed by atoms with E-state index in [0.29, 0.717) is 59.7 Å². The normalized spacial score (nSPS) is 15.3. The van der Waals surface area contributed by atoms with Crippen molar-refractivity contribution in [3.05, 3.63) is 35.3 Å². The van der Waals surface area contributed by atoms with Crippen LogP contribution in [0.5, 0.6) is 0 Å². The van der Waals surface area contributed by atoms with Crippen LogP contribution in [0.1, 0.15) is 17.0 Å². The lowest BCUT2D eigenvalue weighted by molar-refractivity contribution is -0.137. The van der Waals surface area contributed by atoms with Crippen LogP contribution in [-0.4, -0.2) is 57.1 Å². The van der Waals surface area contributed by atoms with Crippen LogP contribution < -0.4 is 0 Å². The molecule has 3 aromatic rings. The Bertz CT molecular complexity index is 1060. The molecule has 0 radical (unpaired) electrons. The molecule has 29 heavy (non-hydrogen) atoms. The number of morpholine rings is 1. The molecule has 3 heterocycles. The molecule has 1 saturated heterocycles. The van der Waals surface area contributed by atoms with Crippen LogP contribution in [0.25, 0.3) is 22.0 Å². The van der Waals surface area contributed by atoms with Crippen molar-refractivity contribution in [2.24, 2.45) is 0 Å². The molecule has 10 heteroatoms. The van der Waals surface area contributed by atoms with E-state index < -0.39 is 11.7 Å². The number of benzene rings is 1. The molecule has 0 aliphatic carbocycles. The fourth-order valence-electron chi connectivity index (χ4n) is 3.70. The maximum absolute atomic E-state index is 13.4. The summed E-state index contributed by atoms with van der Waals surface area (Å²) in [5, 5.41) is 11.5. The van der Waals surface area contributed by atoms with Gasteiger partial charge in [-0.25, -0.2) is 0 Å². The number of alkyl halides is 3. The van der Waals surface area contributed by atoms with Crippen LogP contribution in [0, 0.1) is 13.8 Å². The van der Waals surface area contributed by atoms with Gasteiger partial charge in [0.05, 0.1) is 36.2 Å². The first kappa shape index (κ1) is 19.4. The zero-order valence-corrected chi connectivity index (χ0v) is 16.0. The molecule has 0 unspecified atom stereocenters. The zero-order valence-electron chi connectivity index (χ0n) is 16.0. The topological polar surface area (TPSA) is 76.0 Å². The van der Waals surface area contributed by atoms with Crippen molar-refractivity contribution in [1.82, 2.24) is 24.9 Å². The summed E-state index contributed by atoms with van der Waals surface area (Å²) >= 11 is 0. The molecule has 1 aliphatic heterocycles. The van der Waals surface area contributed by atoms with Gasteiger partial charge < -0.3 is 9.64 Å². The van der Waals surface area contributed by atoms with Crippen molar-refractivity contribution in [3.8, 4) is 11.1 Å². The fourth-order valence-corrected chi connectivity index (χ4v) is 3.70. The summed E-state index contributed by atoms with van der Waals surface area (Å²) in [7, 11) is 0. The maximum Gasteiger partial charge on any atom is 0.416 e. The Labute approximate surface area is 164 Å². The minimum Gasteiger partial charge on any atom is -0.378 e. The van der Waals surface area contributed by atoms with Crippen LogP contribution in [0.3, 0.4) is 0 Å². The van der Waals surface area contributed by atoms with E-state index in [2.05, 4.69) is 15.3 Å². The molecule has 7 nitrogen and oxygen atoms in total. The minimum atomic E-state index is -4.49. The Morgan fingerprint density at radius 2 is 1.97 bits per heavy atom. The SMILES string of the molecule is Cc1nn(CC(=O)N2CCOCC2)c(C)c1-c1cc(C(F)(F)F)cc2[nH]ncc12. The van der Waals surface area contributed by atoms with Crippen molar-refractivity contribution in [3.63, 3.8) is 0 Å². The Hall–Kier alpha value is -2.88. The summed E-state index contributed by atoms with van der Waals surface area (Å²) in [5.74, 6) is -0.0945. The van der Waals surface area contributed by atoms with Crippen molar-refractivity contribution in [2.45, 2.75) is 26.6 Å². The number of ether oxygens (including phenoxy) is 1. The number of halogens is 3. The number of carbonyl (C=O) groups excluding carboxylic acids is 1. The lowest BCUT2D eigenvalue weighted by atomic mass is 9.97. The second-order valence-electron chi connectivity index (χ2n) is 7.05. The molecule has 4 rings (SSSR count). The number of nitrogens with zero attached hydrogens (tertiary/aromatic N) is 4. The van der Waals surface area contributed by atoms with Crippen LogP contribution in [0.4, 0.5) is 13.2 Å². The van der Waals surface area contributed by atoms with E-state index >= 15 is 0 Å². The van der Waals surface area contributed by atoms with Gasteiger partial charge >= 0.3 is 6.18 Å². The molecular formula is C19H20F3N5O2. The van der Waals surface area contributed by atoms with Gasteiger partial charge in [-0.05, 0) is 31.5 Å². The highest BCUT2D eigenvalue weighted by Gasteiger charge is 2.32. The van der Waals surface area contributed by atoms with Crippen LogP contribution in [0.2, 0.25) is 0 Å². The van der Waals surface area contributed by atoms with Gasteiger partial charge in [0.25, 0.3) is 0 Å². The molecule has 0 bridgehead atoms. The number of nitrogens with one attached hydrogen (secondary N) is 1. The van der Waals surface area contributed by atoms with Crippen molar-refractivity contribution in [1.29, 1.82) is 0 Å². The number of hydrogen-bond acceptors (Lipinski definition) is 4. The number of H-pyrrole nitrogens is 1. The van der Waals surface area contributed by atoms with E-state index in [1.54, 1.807) is 23.4 Å². The third-order valence-electron chi connectivity index (χ3n) is 5.19. The first-order valence-corrected chi connectivity index (χ1v) is 9.20. The first-order chi connectivity index (χ1) is 13.8. The van der Waals surface area contributed by atoms with E-state index in [9.17, 15) is 18.0 Å². The largest absolute Gasteiger partial charge is 0.416 e. The van der Waals surface area contributed by atoms with Crippen molar-refractivity contribution in [2.75, 3.05) is 26.3 Å². The molecular weight excluding hydrogens is 387 g/mol. The van der Waals surface area contributed by atoms with E-state index in [1.165, 1.54) is 6.20 Å². The molecule has 1 N–H and O–H groups in total. The number of carbonyl (C=O) groups is 1. The average molecular weight is 407 g/mol. The molecule has 2 aromatic heterocycles. The van der Waals surface area contributed by atoms with Gasteiger partial charge in [0.2, 0.25) is 5.91 Å². The summed E-state index contributed by atoms with van der Waals surface area (Å²) < 4.78 is 47.0. The molecule has 0 spiro atoms. The van der Waals surface area contributed by atoms with Crippen LogP contribution >= 0.6 is 0 Å². The number of amides is 1. The summed E-state index contributed by atoms with van der Waals surface area (Å²) in [6, 6.07) is 2.16. The minimum absolute atomic E-state index is 0.0279. The highest BCUT2D eigenvalue weighted by molar-refractivity contribution is 5.96. The molecule has 1 fully saturated rings. The standard InChI is InChI=1S/C19H20F3N5O2/c1-11-18(12(2)27(25-11)10-17(28)26-3-5-29-6-4-26)14-7-13(19(20,21)22)8-16-15(14)9-23-24-16/h7-9H,3-6,10H2,1-2H3,(H,23,24). The Morgan fingerprint density at radius 1 is 1.24 bits per heavy atom. The zero-order chi connectivity index (χ0) is 20.8.